The van der Waals surface area contributed by atoms with E-state index in [1.165, 1.54) is 0 Å². The quantitative estimate of drug-likeness (QED) is 0.876. The van der Waals surface area contributed by atoms with Crippen LogP contribution in [0.4, 0.5) is 0 Å². The maximum atomic E-state index is 9.85. The Hall–Kier alpha value is -1.00. The standard InChI is InChI=1S/C13H10Br2O2/c14-10-6-9(13(16)12(15)7-10)8-17-11-4-2-1-3-5-11/h1-7,16H,8H2. The minimum Gasteiger partial charge on any atom is -0.506 e. The van der Waals surface area contributed by atoms with Crippen LogP contribution in [0.1, 0.15) is 5.56 Å². The van der Waals surface area contributed by atoms with Gasteiger partial charge < -0.3 is 9.84 Å². The summed E-state index contributed by atoms with van der Waals surface area (Å²) in [5.74, 6) is 0.993. The smallest absolute Gasteiger partial charge is 0.136 e. The number of aromatic hydroxyl groups is 1. The molecule has 0 saturated carbocycles. The lowest BCUT2D eigenvalue weighted by Crippen LogP contribution is -1.96. The number of hydrogen-bond donors (Lipinski definition) is 1. The molecule has 4 heteroatoms. The molecule has 17 heavy (non-hydrogen) atoms. The molecular formula is C13H10Br2O2. The van der Waals surface area contributed by atoms with Crippen molar-refractivity contribution in [3.05, 3.63) is 57.0 Å². The van der Waals surface area contributed by atoms with Crippen molar-refractivity contribution in [3.8, 4) is 11.5 Å². The van der Waals surface area contributed by atoms with E-state index in [2.05, 4.69) is 31.9 Å². The van der Waals surface area contributed by atoms with Gasteiger partial charge in [-0.25, -0.2) is 0 Å². The van der Waals surface area contributed by atoms with E-state index in [-0.39, 0.29) is 5.75 Å². The summed E-state index contributed by atoms with van der Waals surface area (Å²) in [5.41, 5.74) is 0.732. The highest BCUT2D eigenvalue weighted by Crippen LogP contribution is 2.32. The minimum absolute atomic E-state index is 0.212. The molecule has 0 spiro atoms. The Balaban J connectivity index is 2.14. The number of benzene rings is 2. The molecule has 0 aliphatic carbocycles. The normalized spacial score (nSPS) is 10.2. The van der Waals surface area contributed by atoms with Gasteiger partial charge in [-0.3, -0.25) is 0 Å². The number of rotatable bonds is 3. The second kappa shape index (κ2) is 5.56. The van der Waals surface area contributed by atoms with Gasteiger partial charge in [0, 0.05) is 10.0 Å². The highest BCUT2D eigenvalue weighted by molar-refractivity contribution is 9.11. The molecule has 0 fully saturated rings. The van der Waals surface area contributed by atoms with Crippen LogP contribution >= 0.6 is 31.9 Å². The van der Waals surface area contributed by atoms with E-state index < -0.39 is 0 Å². The van der Waals surface area contributed by atoms with Gasteiger partial charge in [-0.15, -0.1) is 0 Å². The van der Waals surface area contributed by atoms with Crippen molar-refractivity contribution < 1.29 is 9.84 Å². The molecule has 2 nitrogen and oxygen atoms in total. The number of phenolic OH excluding ortho intramolecular Hbond substituents is 1. The van der Waals surface area contributed by atoms with Crippen LogP contribution in [0.5, 0.6) is 11.5 Å². The van der Waals surface area contributed by atoms with Crippen molar-refractivity contribution in [2.24, 2.45) is 0 Å². The molecular weight excluding hydrogens is 348 g/mol. The fourth-order valence-electron chi connectivity index (χ4n) is 1.41. The molecule has 0 atom stereocenters. The van der Waals surface area contributed by atoms with E-state index in [0.717, 1.165) is 15.8 Å². The van der Waals surface area contributed by atoms with Gasteiger partial charge in [0.25, 0.3) is 0 Å². The van der Waals surface area contributed by atoms with E-state index in [9.17, 15) is 5.11 Å². The molecule has 0 bridgehead atoms. The van der Waals surface area contributed by atoms with Crippen molar-refractivity contribution in [3.63, 3.8) is 0 Å². The third-order valence-electron chi connectivity index (χ3n) is 2.24. The van der Waals surface area contributed by atoms with Gasteiger partial charge in [-0.05, 0) is 40.2 Å². The molecule has 0 aromatic heterocycles. The highest BCUT2D eigenvalue weighted by atomic mass is 79.9. The van der Waals surface area contributed by atoms with Crippen LogP contribution in [0, 0.1) is 0 Å². The summed E-state index contributed by atoms with van der Waals surface area (Å²) >= 11 is 6.66. The number of phenols is 1. The number of para-hydroxylation sites is 1. The molecule has 0 radical (unpaired) electrons. The molecule has 0 aliphatic heterocycles. The predicted molar refractivity (Wildman–Crippen MR) is 74.3 cm³/mol. The van der Waals surface area contributed by atoms with Crippen LogP contribution in [-0.2, 0) is 6.61 Å². The zero-order valence-corrected chi connectivity index (χ0v) is 12.0. The van der Waals surface area contributed by atoms with E-state index in [4.69, 9.17) is 4.74 Å². The maximum Gasteiger partial charge on any atom is 0.136 e. The second-order valence-electron chi connectivity index (χ2n) is 3.50. The fraction of sp³-hybridized carbons (Fsp3) is 0.0769. The van der Waals surface area contributed by atoms with Gasteiger partial charge in [0.05, 0.1) is 4.47 Å². The van der Waals surface area contributed by atoms with Gasteiger partial charge in [0.1, 0.15) is 18.1 Å². The molecule has 2 rings (SSSR count). The largest absolute Gasteiger partial charge is 0.506 e. The summed E-state index contributed by atoms with van der Waals surface area (Å²) in [4.78, 5) is 0. The van der Waals surface area contributed by atoms with E-state index >= 15 is 0 Å². The second-order valence-corrected chi connectivity index (χ2v) is 5.27. The monoisotopic (exact) mass is 356 g/mol. The van der Waals surface area contributed by atoms with Crippen molar-refractivity contribution in [2.45, 2.75) is 6.61 Å². The number of hydrogen-bond acceptors (Lipinski definition) is 2. The summed E-state index contributed by atoms with van der Waals surface area (Å²) in [6.45, 7) is 0.327. The molecule has 0 saturated heterocycles. The van der Waals surface area contributed by atoms with Crippen molar-refractivity contribution >= 4 is 31.9 Å². The highest BCUT2D eigenvalue weighted by Gasteiger charge is 2.07. The van der Waals surface area contributed by atoms with Gasteiger partial charge >= 0.3 is 0 Å². The summed E-state index contributed by atoms with van der Waals surface area (Å²) in [5, 5.41) is 9.85. The predicted octanol–water partition coefficient (Wildman–Crippen LogP) is 4.50. The summed E-state index contributed by atoms with van der Waals surface area (Å²) in [6.07, 6.45) is 0. The van der Waals surface area contributed by atoms with Crippen LogP contribution in [0.3, 0.4) is 0 Å². The Kier molecular flexibility index (Phi) is 4.07. The lowest BCUT2D eigenvalue weighted by Gasteiger charge is -2.09. The Morgan fingerprint density at radius 1 is 1.06 bits per heavy atom. The molecule has 2 aromatic carbocycles. The van der Waals surface area contributed by atoms with Crippen LogP contribution in [-0.4, -0.2) is 5.11 Å². The molecule has 1 N–H and O–H groups in total. The Bertz CT molecular complexity index is 512. The molecule has 0 heterocycles. The number of halogens is 2. The average molecular weight is 358 g/mol. The Morgan fingerprint density at radius 2 is 1.76 bits per heavy atom. The summed E-state index contributed by atoms with van der Waals surface area (Å²) in [7, 11) is 0. The van der Waals surface area contributed by atoms with Gasteiger partial charge in [0.2, 0.25) is 0 Å². The van der Waals surface area contributed by atoms with Crippen molar-refractivity contribution in [1.82, 2.24) is 0 Å². The van der Waals surface area contributed by atoms with E-state index in [1.807, 2.05) is 36.4 Å². The van der Waals surface area contributed by atoms with Crippen LogP contribution in [0.15, 0.2) is 51.4 Å². The zero-order chi connectivity index (χ0) is 12.3. The molecule has 2 aromatic rings. The topological polar surface area (TPSA) is 29.5 Å². The lowest BCUT2D eigenvalue weighted by molar-refractivity contribution is 0.298. The van der Waals surface area contributed by atoms with Gasteiger partial charge in [-0.1, -0.05) is 34.1 Å². The lowest BCUT2D eigenvalue weighted by atomic mass is 10.2. The fourth-order valence-corrected chi connectivity index (χ4v) is 2.72. The van der Waals surface area contributed by atoms with Crippen LogP contribution < -0.4 is 4.74 Å². The van der Waals surface area contributed by atoms with Crippen LogP contribution in [0.2, 0.25) is 0 Å². The first-order valence-electron chi connectivity index (χ1n) is 5.01. The van der Waals surface area contributed by atoms with Crippen LogP contribution in [0.25, 0.3) is 0 Å². The van der Waals surface area contributed by atoms with Gasteiger partial charge in [0.15, 0.2) is 0 Å². The van der Waals surface area contributed by atoms with Crippen molar-refractivity contribution in [2.75, 3.05) is 0 Å². The SMILES string of the molecule is Oc1c(Br)cc(Br)cc1COc1ccccc1. The minimum atomic E-state index is 0.212. The number of ether oxygens (including phenoxy) is 1. The molecule has 0 aliphatic rings. The summed E-state index contributed by atoms with van der Waals surface area (Å²) < 4.78 is 7.13. The Labute approximate surface area is 116 Å². The van der Waals surface area contributed by atoms with E-state index in [0.29, 0.717) is 11.1 Å². The maximum absolute atomic E-state index is 9.85. The molecule has 0 unspecified atom stereocenters. The zero-order valence-electron chi connectivity index (χ0n) is 8.86. The van der Waals surface area contributed by atoms with Crippen molar-refractivity contribution in [1.29, 1.82) is 0 Å². The first-order valence-corrected chi connectivity index (χ1v) is 6.60. The first-order chi connectivity index (χ1) is 8.16. The van der Waals surface area contributed by atoms with Gasteiger partial charge in [-0.2, -0.15) is 0 Å². The van der Waals surface area contributed by atoms with E-state index in [1.54, 1.807) is 6.07 Å². The third-order valence-corrected chi connectivity index (χ3v) is 3.31. The molecule has 0 amide bonds. The molecule has 88 valence electrons. The third kappa shape index (κ3) is 3.23. The first kappa shape index (κ1) is 12.5. The average Bonchev–Trinajstić information content (AvgIpc) is 2.33. The Morgan fingerprint density at radius 3 is 2.47 bits per heavy atom. The summed E-state index contributed by atoms with van der Waals surface area (Å²) in [6, 6.07) is 13.1.